The third kappa shape index (κ3) is 3.48. The van der Waals surface area contributed by atoms with Crippen molar-refractivity contribution in [2.45, 2.75) is 24.1 Å². The minimum atomic E-state index is -0.129. The van der Waals surface area contributed by atoms with Crippen LogP contribution in [-0.4, -0.2) is 21.8 Å². The normalized spacial score (nSPS) is 11.2. The van der Waals surface area contributed by atoms with Crippen molar-refractivity contribution in [1.29, 1.82) is 0 Å². The van der Waals surface area contributed by atoms with Gasteiger partial charge >= 0.3 is 0 Å². The van der Waals surface area contributed by atoms with E-state index in [1.54, 1.807) is 17.4 Å². The van der Waals surface area contributed by atoms with Gasteiger partial charge in [0, 0.05) is 6.07 Å². The lowest BCUT2D eigenvalue weighted by Gasteiger charge is -1.98. The molecule has 0 atom stereocenters. The Hall–Kier alpha value is -1.86. The van der Waals surface area contributed by atoms with Crippen LogP contribution in [0.4, 0.5) is 5.88 Å². The van der Waals surface area contributed by atoms with Crippen LogP contribution in [0.15, 0.2) is 39.2 Å². The lowest BCUT2D eigenvalue weighted by Crippen LogP contribution is -2.13. The SMILES string of the molecule is CC(C)c1cc(NC(=O)CSc2nc3ccccc3s2)on1. The number of thioether (sulfide) groups is 1. The molecule has 0 spiro atoms. The molecule has 0 bridgehead atoms. The quantitative estimate of drug-likeness (QED) is 0.711. The fourth-order valence-electron chi connectivity index (χ4n) is 1.83. The Morgan fingerprint density at radius 2 is 2.23 bits per heavy atom. The average molecular weight is 333 g/mol. The van der Waals surface area contributed by atoms with Crippen molar-refractivity contribution >= 4 is 45.1 Å². The zero-order chi connectivity index (χ0) is 15.5. The number of anilines is 1. The first-order chi connectivity index (χ1) is 10.6. The number of aromatic nitrogens is 2. The highest BCUT2D eigenvalue weighted by Gasteiger charge is 2.12. The number of thiazole rings is 1. The predicted molar refractivity (Wildman–Crippen MR) is 89.6 cm³/mol. The highest BCUT2D eigenvalue weighted by atomic mass is 32.2. The van der Waals surface area contributed by atoms with Gasteiger partial charge in [-0.15, -0.1) is 11.3 Å². The topological polar surface area (TPSA) is 68.0 Å². The molecule has 1 N–H and O–H groups in total. The Labute approximate surface area is 136 Å². The molecule has 22 heavy (non-hydrogen) atoms. The van der Waals surface area contributed by atoms with E-state index in [-0.39, 0.29) is 17.6 Å². The summed E-state index contributed by atoms with van der Waals surface area (Å²) in [5, 5.41) is 6.62. The molecule has 0 aliphatic carbocycles. The van der Waals surface area contributed by atoms with Crippen LogP contribution >= 0.6 is 23.1 Å². The maximum atomic E-state index is 11.9. The van der Waals surface area contributed by atoms with Gasteiger partial charge in [0.15, 0.2) is 4.34 Å². The summed E-state index contributed by atoms with van der Waals surface area (Å²) in [6, 6.07) is 9.69. The Kier molecular flexibility index (Phi) is 4.44. The van der Waals surface area contributed by atoms with Gasteiger partial charge in [0.1, 0.15) is 0 Å². The van der Waals surface area contributed by atoms with E-state index in [4.69, 9.17) is 4.52 Å². The van der Waals surface area contributed by atoms with Crippen LogP contribution in [-0.2, 0) is 4.79 Å². The van der Waals surface area contributed by atoms with Gasteiger partial charge in [0.05, 0.1) is 21.7 Å². The molecule has 0 fully saturated rings. The molecule has 3 aromatic rings. The number of para-hydroxylation sites is 1. The van der Waals surface area contributed by atoms with Crippen molar-refractivity contribution in [1.82, 2.24) is 10.1 Å². The fourth-order valence-corrected chi connectivity index (χ4v) is 3.70. The van der Waals surface area contributed by atoms with E-state index in [1.807, 2.05) is 38.1 Å². The molecule has 114 valence electrons. The van der Waals surface area contributed by atoms with Crippen LogP contribution < -0.4 is 5.32 Å². The second-order valence-electron chi connectivity index (χ2n) is 5.06. The number of amides is 1. The van der Waals surface area contributed by atoms with E-state index in [9.17, 15) is 4.79 Å². The number of carbonyl (C=O) groups excluding carboxylic acids is 1. The largest absolute Gasteiger partial charge is 0.338 e. The highest BCUT2D eigenvalue weighted by Crippen LogP contribution is 2.29. The molecule has 7 heteroatoms. The van der Waals surface area contributed by atoms with Crippen LogP contribution in [0.2, 0.25) is 0 Å². The standard InChI is InChI=1S/C15H15N3O2S2/c1-9(2)11-7-14(20-18-11)17-13(19)8-21-15-16-10-5-3-4-6-12(10)22-15/h3-7,9H,8H2,1-2H3,(H,17,19). The van der Waals surface area contributed by atoms with Gasteiger partial charge in [0.2, 0.25) is 11.8 Å². The zero-order valence-electron chi connectivity index (χ0n) is 12.2. The number of rotatable bonds is 5. The minimum Gasteiger partial charge on any atom is -0.338 e. The molecule has 2 heterocycles. The molecule has 0 saturated carbocycles. The molecular formula is C15H15N3O2S2. The lowest BCUT2D eigenvalue weighted by atomic mass is 10.1. The molecule has 2 aromatic heterocycles. The van der Waals surface area contributed by atoms with Crippen LogP contribution in [0.25, 0.3) is 10.2 Å². The third-order valence-corrected chi connectivity index (χ3v) is 5.16. The van der Waals surface area contributed by atoms with Gasteiger partial charge in [-0.2, -0.15) is 0 Å². The van der Waals surface area contributed by atoms with E-state index in [2.05, 4.69) is 15.5 Å². The van der Waals surface area contributed by atoms with Crippen molar-refractivity contribution < 1.29 is 9.32 Å². The molecule has 0 aliphatic rings. The van der Waals surface area contributed by atoms with Crippen molar-refractivity contribution in [2.75, 3.05) is 11.1 Å². The van der Waals surface area contributed by atoms with E-state index in [1.165, 1.54) is 11.8 Å². The predicted octanol–water partition coefficient (Wildman–Crippen LogP) is 4.14. The maximum absolute atomic E-state index is 11.9. The first-order valence-corrected chi connectivity index (χ1v) is 8.67. The number of benzene rings is 1. The van der Waals surface area contributed by atoms with E-state index in [0.717, 1.165) is 20.3 Å². The van der Waals surface area contributed by atoms with Crippen LogP contribution in [0.1, 0.15) is 25.5 Å². The van der Waals surface area contributed by atoms with Gasteiger partial charge in [-0.3, -0.25) is 10.1 Å². The molecule has 0 aliphatic heterocycles. The van der Waals surface area contributed by atoms with Crippen molar-refractivity contribution in [2.24, 2.45) is 0 Å². The van der Waals surface area contributed by atoms with Gasteiger partial charge in [-0.1, -0.05) is 42.9 Å². The molecule has 1 aromatic carbocycles. The van der Waals surface area contributed by atoms with Gasteiger partial charge < -0.3 is 4.52 Å². The smallest absolute Gasteiger partial charge is 0.237 e. The number of nitrogens with zero attached hydrogens (tertiary/aromatic N) is 2. The van der Waals surface area contributed by atoms with E-state index in [0.29, 0.717) is 5.88 Å². The van der Waals surface area contributed by atoms with E-state index >= 15 is 0 Å². The Morgan fingerprint density at radius 3 is 2.95 bits per heavy atom. The number of hydrogen-bond donors (Lipinski definition) is 1. The molecule has 0 saturated heterocycles. The van der Waals surface area contributed by atoms with Gasteiger partial charge in [-0.25, -0.2) is 4.98 Å². The number of hydrogen-bond acceptors (Lipinski definition) is 6. The van der Waals surface area contributed by atoms with Crippen molar-refractivity contribution in [3.8, 4) is 0 Å². The minimum absolute atomic E-state index is 0.129. The Bertz CT molecular complexity index is 762. The molecular weight excluding hydrogens is 318 g/mol. The summed E-state index contributed by atoms with van der Waals surface area (Å²) in [5.41, 5.74) is 1.79. The fraction of sp³-hybridized carbons (Fsp3) is 0.267. The maximum Gasteiger partial charge on any atom is 0.237 e. The summed E-state index contributed by atoms with van der Waals surface area (Å²) < 4.78 is 7.11. The van der Waals surface area contributed by atoms with Crippen molar-refractivity contribution in [3.63, 3.8) is 0 Å². The Balaban J connectivity index is 1.57. The summed E-state index contributed by atoms with van der Waals surface area (Å²) in [4.78, 5) is 16.4. The van der Waals surface area contributed by atoms with Gasteiger partial charge in [0.25, 0.3) is 0 Å². The number of carbonyl (C=O) groups is 1. The van der Waals surface area contributed by atoms with E-state index < -0.39 is 0 Å². The van der Waals surface area contributed by atoms with Crippen LogP contribution in [0, 0.1) is 0 Å². The first-order valence-electron chi connectivity index (χ1n) is 6.86. The molecule has 0 radical (unpaired) electrons. The molecule has 0 unspecified atom stereocenters. The lowest BCUT2D eigenvalue weighted by molar-refractivity contribution is -0.113. The van der Waals surface area contributed by atoms with Crippen molar-refractivity contribution in [3.05, 3.63) is 36.0 Å². The Morgan fingerprint density at radius 1 is 1.41 bits per heavy atom. The molecule has 5 nitrogen and oxygen atoms in total. The summed E-state index contributed by atoms with van der Waals surface area (Å²) in [6.07, 6.45) is 0. The summed E-state index contributed by atoms with van der Waals surface area (Å²) >= 11 is 3.01. The number of fused-ring (bicyclic) bond motifs is 1. The molecule has 1 amide bonds. The third-order valence-electron chi connectivity index (χ3n) is 2.98. The summed E-state index contributed by atoms with van der Waals surface area (Å²) in [7, 11) is 0. The van der Waals surface area contributed by atoms with Crippen LogP contribution in [0.5, 0.6) is 0 Å². The van der Waals surface area contributed by atoms with Gasteiger partial charge in [-0.05, 0) is 18.1 Å². The average Bonchev–Trinajstić information content (AvgIpc) is 3.11. The highest BCUT2D eigenvalue weighted by molar-refractivity contribution is 8.01. The molecule has 3 rings (SSSR count). The second kappa shape index (κ2) is 6.50. The first kappa shape index (κ1) is 15.1. The summed E-state index contributed by atoms with van der Waals surface area (Å²) in [6.45, 7) is 4.04. The van der Waals surface area contributed by atoms with Crippen LogP contribution in [0.3, 0.4) is 0 Å². The number of nitrogens with one attached hydrogen (secondary N) is 1. The summed E-state index contributed by atoms with van der Waals surface area (Å²) in [5.74, 6) is 0.818. The second-order valence-corrected chi connectivity index (χ2v) is 7.31. The monoisotopic (exact) mass is 333 g/mol. The zero-order valence-corrected chi connectivity index (χ0v) is 13.8.